The Morgan fingerprint density at radius 3 is 1.89 bits per heavy atom. The lowest BCUT2D eigenvalue weighted by Crippen LogP contribution is -2.44. The number of allylic oxidation sites excluding steroid dienone is 4. The number of aromatic hydroxyl groups is 1. The van der Waals surface area contributed by atoms with Crippen LogP contribution >= 0.6 is 0 Å². The maximum Gasteiger partial charge on any atom is 0.162 e. The lowest BCUT2D eigenvalue weighted by atomic mass is 9.63. The quantitative estimate of drug-likeness (QED) is 0.318. The molecule has 1 heterocycles. The number of Topliss-reactive ketones (excluding diaryl/α,β-unsaturated/α-hetero) is 2. The van der Waals surface area contributed by atoms with E-state index < -0.39 is 5.92 Å². The zero-order valence-corrected chi connectivity index (χ0v) is 24.4. The number of ketones is 2. The fourth-order valence-electron chi connectivity index (χ4n) is 6.75. The summed E-state index contributed by atoms with van der Waals surface area (Å²) in [4.78, 5) is 30.2. The molecular formula is C33H47NO4. The van der Waals surface area contributed by atoms with Gasteiger partial charge >= 0.3 is 0 Å². The number of unbranched alkanes of at least 4 members (excludes halogenated alkanes) is 6. The monoisotopic (exact) mass is 521 g/mol. The molecule has 0 radical (unpaired) electrons. The molecule has 0 spiro atoms. The molecule has 0 aromatic heterocycles. The van der Waals surface area contributed by atoms with E-state index in [0.29, 0.717) is 18.6 Å². The molecule has 0 saturated heterocycles. The summed E-state index contributed by atoms with van der Waals surface area (Å²) in [6.45, 7) is 11.8. The number of ether oxygens (including phenoxy) is 1. The summed E-state index contributed by atoms with van der Waals surface area (Å²) in [5.41, 5.74) is 4.38. The smallest absolute Gasteiger partial charge is 0.162 e. The van der Waals surface area contributed by atoms with Crippen LogP contribution in [0.4, 0.5) is 0 Å². The molecule has 0 unspecified atom stereocenters. The van der Waals surface area contributed by atoms with E-state index in [4.69, 9.17) is 4.74 Å². The Kier molecular flexibility index (Phi) is 8.44. The van der Waals surface area contributed by atoms with E-state index in [2.05, 4.69) is 39.5 Å². The van der Waals surface area contributed by atoms with Crippen LogP contribution in [0.25, 0.3) is 0 Å². The zero-order valence-electron chi connectivity index (χ0n) is 24.4. The van der Waals surface area contributed by atoms with E-state index in [1.807, 2.05) is 6.07 Å². The van der Waals surface area contributed by atoms with Crippen LogP contribution in [0.15, 0.2) is 40.7 Å². The van der Waals surface area contributed by atoms with Crippen molar-refractivity contribution >= 4 is 11.6 Å². The second-order valence-electron chi connectivity index (χ2n) is 13.2. The number of phenols is 1. The molecular weight excluding hydrogens is 474 g/mol. The summed E-state index contributed by atoms with van der Waals surface area (Å²) >= 11 is 0. The van der Waals surface area contributed by atoms with Crippen LogP contribution in [0.3, 0.4) is 0 Å². The van der Waals surface area contributed by atoms with Gasteiger partial charge in [0.2, 0.25) is 0 Å². The Bertz CT molecular complexity index is 1090. The Hall–Kier alpha value is -2.56. The average Bonchev–Trinajstić information content (AvgIpc) is 2.82. The van der Waals surface area contributed by atoms with Crippen LogP contribution in [0.2, 0.25) is 0 Å². The topological polar surface area (TPSA) is 66.8 Å². The van der Waals surface area contributed by atoms with Gasteiger partial charge in [0.15, 0.2) is 23.1 Å². The molecule has 5 heteroatoms. The zero-order chi connectivity index (χ0) is 27.7. The van der Waals surface area contributed by atoms with Crippen LogP contribution in [-0.4, -0.2) is 35.2 Å². The molecule has 1 aliphatic heterocycles. The van der Waals surface area contributed by atoms with Crippen molar-refractivity contribution in [3.05, 3.63) is 46.3 Å². The Balaban J connectivity index is 1.79. The number of phenolic OH excluding ortho intramolecular Hbond substituents is 1. The van der Waals surface area contributed by atoms with E-state index in [-0.39, 0.29) is 28.1 Å². The fraction of sp³-hybridized carbons (Fsp3) is 0.636. The first-order valence-electron chi connectivity index (χ1n) is 14.6. The van der Waals surface area contributed by atoms with E-state index in [1.165, 1.54) is 45.6 Å². The number of rotatable bonds is 10. The van der Waals surface area contributed by atoms with E-state index in [1.54, 1.807) is 12.1 Å². The highest BCUT2D eigenvalue weighted by Gasteiger charge is 2.48. The molecule has 0 saturated carbocycles. The largest absolute Gasteiger partial charge is 0.504 e. The van der Waals surface area contributed by atoms with E-state index in [0.717, 1.165) is 53.9 Å². The summed E-state index contributed by atoms with van der Waals surface area (Å²) in [5, 5.41) is 10.3. The molecule has 2 aliphatic carbocycles. The van der Waals surface area contributed by atoms with Crippen molar-refractivity contribution in [3.63, 3.8) is 0 Å². The molecule has 0 amide bonds. The normalized spacial score (nSPS) is 21.1. The van der Waals surface area contributed by atoms with Crippen molar-refractivity contribution in [1.29, 1.82) is 0 Å². The van der Waals surface area contributed by atoms with Gasteiger partial charge in [0.25, 0.3) is 0 Å². The molecule has 3 aliphatic rings. The highest BCUT2D eigenvalue weighted by Crippen LogP contribution is 2.55. The number of nitrogens with zero attached hydrogens (tertiary/aromatic N) is 1. The standard InChI is InChI=1S/C33H47NO4/c1-7-8-9-10-11-12-13-16-34-23-18-32(2,3)20-26(36)30(23)29(22-14-15-25(35)28(17-22)38-6)31-24(34)19-33(4,5)21-27(31)37/h14-15,17,29,35H,7-13,16,18-21H2,1-6H3. The first-order chi connectivity index (χ1) is 18.0. The van der Waals surface area contributed by atoms with Crippen LogP contribution in [0.1, 0.15) is 117 Å². The number of carbonyl (C=O) groups is 2. The predicted octanol–water partition coefficient (Wildman–Crippen LogP) is 7.84. The van der Waals surface area contributed by atoms with Gasteiger partial charge in [-0.2, -0.15) is 0 Å². The molecule has 38 heavy (non-hydrogen) atoms. The van der Waals surface area contributed by atoms with Gasteiger partial charge in [0.1, 0.15) is 0 Å². The molecule has 208 valence electrons. The SMILES string of the molecule is CCCCCCCCCN1C2=C(C(=O)CC(C)(C)C2)C(c2ccc(O)c(OC)c2)C2=C1CC(C)(C)CC2=O. The van der Waals surface area contributed by atoms with Gasteiger partial charge in [-0.1, -0.05) is 79.2 Å². The fourth-order valence-corrected chi connectivity index (χ4v) is 6.75. The maximum atomic E-state index is 13.9. The number of carbonyl (C=O) groups excluding carboxylic acids is 2. The lowest BCUT2D eigenvalue weighted by molar-refractivity contribution is -0.119. The molecule has 0 bridgehead atoms. The third kappa shape index (κ3) is 5.87. The van der Waals surface area contributed by atoms with Crippen molar-refractivity contribution in [3.8, 4) is 11.5 Å². The molecule has 5 nitrogen and oxygen atoms in total. The average molecular weight is 522 g/mol. The molecule has 1 aromatic carbocycles. The van der Waals surface area contributed by atoms with Crippen LogP contribution in [-0.2, 0) is 9.59 Å². The minimum atomic E-state index is -0.410. The van der Waals surface area contributed by atoms with Gasteiger partial charge in [-0.05, 0) is 47.8 Å². The second kappa shape index (κ2) is 11.3. The predicted molar refractivity (Wildman–Crippen MR) is 152 cm³/mol. The molecule has 4 rings (SSSR count). The molecule has 1 N–H and O–H groups in total. The Morgan fingerprint density at radius 1 is 0.842 bits per heavy atom. The van der Waals surface area contributed by atoms with Crippen molar-refractivity contribution in [2.45, 2.75) is 111 Å². The summed E-state index contributed by atoms with van der Waals surface area (Å²) in [5.74, 6) is 0.295. The highest BCUT2D eigenvalue weighted by atomic mass is 16.5. The highest BCUT2D eigenvalue weighted by molar-refractivity contribution is 6.06. The van der Waals surface area contributed by atoms with Crippen molar-refractivity contribution in [1.82, 2.24) is 4.90 Å². The number of methoxy groups -OCH3 is 1. The summed E-state index contributed by atoms with van der Waals surface area (Å²) in [6.07, 6.45) is 11.2. The van der Waals surface area contributed by atoms with Gasteiger partial charge in [0, 0.05) is 47.8 Å². The van der Waals surface area contributed by atoms with Gasteiger partial charge in [0.05, 0.1) is 7.11 Å². The molecule has 0 fully saturated rings. The van der Waals surface area contributed by atoms with Crippen molar-refractivity contribution < 1.29 is 19.4 Å². The van der Waals surface area contributed by atoms with E-state index >= 15 is 0 Å². The molecule has 0 atom stereocenters. The third-order valence-corrected chi connectivity index (χ3v) is 8.54. The van der Waals surface area contributed by atoms with Crippen LogP contribution < -0.4 is 4.74 Å². The van der Waals surface area contributed by atoms with Crippen molar-refractivity contribution in [2.24, 2.45) is 10.8 Å². The second-order valence-corrected chi connectivity index (χ2v) is 13.2. The number of benzene rings is 1. The van der Waals surface area contributed by atoms with Gasteiger partial charge in [-0.15, -0.1) is 0 Å². The van der Waals surface area contributed by atoms with Gasteiger partial charge < -0.3 is 14.7 Å². The van der Waals surface area contributed by atoms with Crippen LogP contribution in [0, 0.1) is 10.8 Å². The minimum Gasteiger partial charge on any atom is -0.504 e. The Morgan fingerprint density at radius 2 is 1.37 bits per heavy atom. The summed E-state index contributed by atoms with van der Waals surface area (Å²) in [7, 11) is 1.53. The minimum absolute atomic E-state index is 0.0586. The van der Waals surface area contributed by atoms with E-state index in [9.17, 15) is 14.7 Å². The Labute approximate surface area is 229 Å². The maximum absolute atomic E-state index is 13.9. The number of hydrogen-bond acceptors (Lipinski definition) is 5. The van der Waals surface area contributed by atoms with Crippen molar-refractivity contribution in [2.75, 3.05) is 13.7 Å². The first kappa shape index (κ1) is 28.4. The van der Waals surface area contributed by atoms with Gasteiger partial charge in [-0.3, -0.25) is 9.59 Å². The van der Waals surface area contributed by atoms with Crippen LogP contribution in [0.5, 0.6) is 11.5 Å². The summed E-state index contributed by atoms with van der Waals surface area (Å²) in [6, 6.07) is 5.28. The third-order valence-electron chi connectivity index (χ3n) is 8.54. The first-order valence-corrected chi connectivity index (χ1v) is 14.6. The van der Waals surface area contributed by atoms with Gasteiger partial charge in [-0.25, -0.2) is 0 Å². The molecule has 1 aromatic rings. The number of hydrogen-bond donors (Lipinski definition) is 1. The lowest BCUT2D eigenvalue weighted by Gasteiger charge is -2.49. The summed E-state index contributed by atoms with van der Waals surface area (Å²) < 4.78 is 5.43.